The molecule has 0 aliphatic carbocycles. The molecule has 0 spiro atoms. The van der Waals surface area contributed by atoms with E-state index in [2.05, 4.69) is 105 Å². The van der Waals surface area contributed by atoms with Crippen LogP contribution in [0.1, 0.15) is 31.9 Å². The van der Waals surface area contributed by atoms with Gasteiger partial charge in [-0.3, -0.25) is 0 Å². The molecule has 0 fully saturated rings. The lowest BCUT2D eigenvalue weighted by Crippen LogP contribution is -2.60. The summed E-state index contributed by atoms with van der Waals surface area (Å²) in [6.07, 6.45) is 4.04. The SMILES string of the molecule is C=CC1(C)c2ccccc2N2c3ncccc3N(c3ccc4oc5ccccc5c4c3C)C2C1(C)C. The summed E-state index contributed by atoms with van der Waals surface area (Å²) < 4.78 is 6.21. The van der Waals surface area contributed by atoms with Crippen LogP contribution in [0.2, 0.25) is 0 Å². The van der Waals surface area contributed by atoms with Crippen molar-refractivity contribution in [2.75, 3.05) is 9.80 Å². The van der Waals surface area contributed by atoms with Crippen molar-refractivity contribution in [2.45, 2.75) is 39.3 Å². The zero-order valence-electron chi connectivity index (χ0n) is 21.1. The van der Waals surface area contributed by atoms with Gasteiger partial charge in [0.25, 0.3) is 0 Å². The van der Waals surface area contributed by atoms with Crippen LogP contribution >= 0.6 is 0 Å². The summed E-state index contributed by atoms with van der Waals surface area (Å²) in [4.78, 5) is 9.86. The molecular weight excluding hydrogens is 442 g/mol. The Balaban J connectivity index is 1.56. The summed E-state index contributed by atoms with van der Waals surface area (Å²) in [5.74, 6) is 0.991. The first-order chi connectivity index (χ1) is 17.4. The molecule has 4 nitrogen and oxygen atoms in total. The Kier molecular flexibility index (Phi) is 4.14. The summed E-state index contributed by atoms with van der Waals surface area (Å²) in [7, 11) is 0. The number of allylic oxidation sites excluding steroid dienone is 1. The van der Waals surface area contributed by atoms with Crippen LogP contribution in [0, 0.1) is 12.3 Å². The monoisotopic (exact) mass is 471 g/mol. The number of hydrogen-bond donors (Lipinski definition) is 0. The Hall–Kier alpha value is -4.05. The molecule has 0 amide bonds. The third-order valence-electron chi connectivity index (χ3n) is 8.89. The lowest BCUT2D eigenvalue weighted by Gasteiger charge is -2.56. The van der Waals surface area contributed by atoms with E-state index in [4.69, 9.17) is 9.40 Å². The molecule has 36 heavy (non-hydrogen) atoms. The van der Waals surface area contributed by atoms with E-state index in [9.17, 15) is 0 Å². The second-order valence-corrected chi connectivity index (χ2v) is 10.8. The van der Waals surface area contributed by atoms with Gasteiger partial charge < -0.3 is 14.2 Å². The number of hydrogen-bond acceptors (Lipinski definition) is 4. The van der Waals surface area contributed by atoms with E-state index in [1.807, 2.05) is 24.4 Å². The van der Waals surface area contributed by atoms with Crippen molar-refractivity contribution in [2.24, 2.45) is 5.41 Å². The molecule has 2 aromatic heterocycles. The molecule has 0 radical (unpaired) electrons. The first-order valence-electron chi connectivity index (χ1n) is 12.6. The van der Waals surface area contributed by atoms with E-state index < -0.39 is 0 Å². The quantitative estimate of drug-likeness (QED) is 0.242. The summed E-state index contributed by atoms with van der Waals surface area (Å²) in [5, 5.41) is 2.32. The number of para-hydroxylation sites is 2. The second-order valence-electron chi connectivity index (χ2n) is 10.8. The number of fused-ring (bicyclic) bond motifs is 8. The number of anilines is 4. The average molecular weight is 472 g/mol. The van der Waals surface area contributed by atoms with Crippen LogP contribution in [0.4, 0.5) is 22.9 Å². The molecule has 0 saturated carbocycles. The molecule has 2 aliphatic heterocycles. The van der Waals surface area contributed by atoms with Crippen LogP contribution in [0.5, 0.6) is 0 Å². The topological polar surface area (TPSA) is 32.5 Å². The van der Waals surface area contributed by atoms with E-state index in [-0.39, 0.29) is 17.0 Å². The minimum atomic E-state index is -0.245. The van der Waals surface area contributed by atoms with Gasteiger partial charge in [-0.05, 0) is 54.4 Å². The van der Waals surface area contributed by atoms with Crippen molar-refractivity contribution in [1.82, 2.24) is 4.98 Å². The molecule has 0 saturated heterocycles. The van der Waals surface area contributed by atoms with Gasteiger partial charge in [0.15, 0.2) is 5.82 Å². The van der Waals surface area contributed by atoms with Crippen LogP contribution in [0.25, 0.3) is 21.9 Å². The highest BCUT2D eigenvalue weighted by atomic mass is 16.3. The van der Waals surface area contributed by atoms with Gasteiger partial charge in [0, 0.05) is 39.2 Å². The lowest BCUT2D eigenvalue weighted by molar-refractivity contribution is 0.171. The number of rotatable bonds is 2. The van der Waals surface area contributed by atoms with Crippen molar-refractivity contribution >= 4 is 44.8 Å². The molecule has 178 valence electrons. The first kappa shape index (κ1) is 21.3. The summed E-state index contributed by atoms with van der Waals surface area (Å²) >= 11 is 0. The molecule has 5 aromatic rings. The van der Waals surface area contributed by atoms with Crippen LogP contribution in [-0.4, -0.2) is 11.1 Å². The Bertz CT molecular complexity index is 1700. The Labute approximate surface area is 211 Å². The smallest absolute Gasteiger partial charge is 0.158 e. The highest BCUT2D eigenvalue weighted by Crippen LogP contribution is 2.62. The fourth-order valence-electron chi connectivity index (χ4n) is 6.63. The molecule has 4 heterocycles. The highest BCUT2D eigenvalue weighted by Gasteiger charge is 2.59. The Morgan fingerprint density at radius 2 is 1.58 bits per heavy atom. The molecule has 0 N–H and O–H groups in total. The van der Waals surface area contributed by atoms with E-state index in [1.54, 1.807) is 0 Å². The maximum absolute atomic E-state index is 6.21. The fourth-order valence-corrected chi connectivity index (χ4v) is 6.63. The molecule has 2 aliphatic rings. The van der Waals surface area contributed by atoms with Crippen molar-refractivity contribution in [3.05, 3.63) is 103 Å². The maximum atomic E-state index is 6.21. The van der Waals surface area contributed by atoms with Gasteiger partial charge in [-0.2, -0.15) is 0 Å². The normalized spacial score (nSPS) is 21.9. The first-order valence-corrected chi connectivity index (χ1v) is 12.6. The van der Waals surface area contributed by atoms with Gasteiger partial charge in [-0.25, -0.2) is 4.98 Å². The number of nitrogens with zero attached hydrogens (tertiary/aromatic N) is 3. The van der Waals surface area contributed by atoms with Gasteiger partial charge in [0.05, 0.1) is 5.69 Å². The molecule has 4 heteroatoms. The van der Waals surface area contributed by atoms with Crippen LogP contribution in [0.15, 0.2) is 96.1 Å². The standard InChI is InChI=1S/C32H29N3O/c1-6-32(5)22-13-8-9-14-24(22)35-29-25(15-11-19-33-29)34(30(35)31(32,3)4)23-17-18-27-28(20(23)2)21-12-7-10-16-26(21)36-27/h6-19,30H,1H2,2-5H3. The van der Waals surface area contributed by atoms with Crippen LogP contribution in [-0.2, 0) is 5.41 Å². The number of furan rings is 1. The molecule has 7 rings (SSSR count). The molecular formula is C32H29N3O. The predicted molar refractivity (Wildman–Crippen MR) is 149 cm³/mol. The van der Waals surface area contributed by atoms with E-state index in [0.717, 1.165) is 28.1 Å². The van der Waals surface area contributed by atoms with Crippen molar-refractivity contribution in [3.8, 4) is 0 Å². The third-order valence-corrected chi connectivity index (χ3v) is 8.89. The van der Waals surface area contributed by atoms with Gasteiger partial charge in [0.2, 0.25) is 0 Å². The average Bonchev–Trinajstić information content (AvgIpc) is 3.45. The van der Waals surface area contributed by atoms with Crippen molar-refractivity contribution in [1.29, 1.82) is 0 Å². The minimum Gasteiger partial charge on any atom is -0.456 e. The van der Waals surface area contributed by atoms with Crippen molar-refractivity contribution in [3.63, 3.8) is 0 Å². The number of aryl methyl sites for hydroxylation is 1. The van der Waals surface area contributed by atoms with Gasteiger partial charge >= 0.3 is 0 Å². The fraction of sp³-hybridized carbons (Fsp3) is 0.219. The minimum absolute atomic E-state index is 0.00890. The largest absolute Gasteiger partial charge is 0.456 e. The molecule has 2 unspecified atom stereocenters. The lowest BCUT2D eigenvalue weighted by atomic mass is 9.58. The second kappa shape index (κ2) is 7.01. The number of benzene rings is 3. The predicted octanol–water partition coefficient (Wildman–Crippen LogP) is 8.39. The van der Waals surface area contributed by atoms with E-state index in [0.29, 0.717) is 0 Å². The summed E-state index contributed by atoms with van der Waals surface area (Å²) in [6.45, 7) is 13.6. The molecule has 3 aromatic carbocycles. The Morgan fingerprint density at radius 1 is 0.833 bits per heavy atom. The summed E-state index contributed by atoms with van der Waals surface area (Å²) in [6, 6.07) is 25.6. The number of aromatic nitrogens is 1. The van der Waals surface area contributed by atoms with E-state index in [1.165, 1.54) is 27.9 Å². The third kappa shape index (κ3) is 2.42. The van der Waals surface area contributed by atoms with E-state index >= 15 is 0 Å². The van der Waals surface area contributed by atoms with Gasteiger partial charge in [0.1, 0.15) is 17.3 Å². The van der Waals surface area contributed by atoms with Crippen molar-refractivity contribution < 1.29 is 4.42 Å². The number of pyridine rings is 1. The van der Waals surface area contributed by atoms with Crippen LogP contribution in [0.3, 0.4) is 0 Å². The Morgan fingerprint density at radius 3 is 2.42 bits per heavy atom. The summed E-state index contributed by atoms with van der Waals surface area (Å²) in [5.41, 5.74) is 7.38. The zero-order valence-corrected chi connectivity index (χ0v) is 21.1. The van der Waals surface area contributed by atoms with Gasteiger partial charge in [-0.15, -0.1) is 6.58 Å². The van der Waals surface area contributed by atoms with Crippen LogP contribution < -0.4 is 9.80 Å². The zero-order chi connectivity index (χ0) is 24.8. The van der Waals surface area contributed by atoms with Gasteiger partial charge in [-0.1, -0.05) is 63.2 Å². The highest BCUT2D eigenvalue weighted by molar-refractivity contribution is 6.09. The molecule has 0 bridgehead atoms. The molecule has 2 atom stereocenters. The maximum Gasteiger partial charge on any atom is 0.158 e.